The highest BCUT2D eigenvalue weighted by atomic mass is 35.5. The molecule has 3 N–H and O–H groups in total. The number of amides is 3. The lowest BCUT2D eigenvalue weighted by atomic mass is 9.90. The van der Waals surface area contributed by atoms with E-state index in [-0.39, 0.29) is 53.6 Å². The average molecular weight is 418 g/mol. The Morgan fingerprint density at radius 3 is 1.93 bits per heavy atom. The Balaban J connectivity index is 4.52. The molecule has 0 spiro atoms. The molecule has 0 aromatic heterocycles. The molecule has 8 heteroatoms. The fraction of sp³-hybridized carbons (Fsp3) is 0.800. The molecule has 0 saturated heterocycles. The molecule has 0 bridgehead atoms. The van der Waals surface area contributed by atoms with E-state index in [2.05, 4.69) is 16.0 Å². The molecule has 162 valence electrons. The predicted molar refractivity (Wildman–Crippen MR) is 111 cm³/mol. The molecule has 0 aromatic rings. The topological polar surface area (TPSA) is 104 Å². The molecule has 7 nitrogen and oxygen atoms in total. The molecule has 28 heavy (non-hydrogen) atoms. The summed E-state index contributed by atoms with van der Waals surface area (Å²) in [7, 11) is 0. The van der Waals surface area contributed by atoms with Crippen LogP contribution in [0.3, 0.4) is 0 Å². The van der Waals surface area contributed by atoms with E-state index in [1.165, 1.54) is 0 Å². The minimum absolute atomic E-state index is 0.0174. The van der Waals surface area contributed by atoms with Crippen molar-refractivity contribution in [1.82, 2.24) is 16.0 Å². The zero-order valence-corrected chi connectivity index (χ0v) is 18.7. The molecular formula is C20H36ClN3O4. The van der Waals surface area contributed by atoms with Crippen LogP contribution < -0.4 is 16.0 Å². The van der Waals surface area contributed by atoms with Gasteiger partial charge in [-0.1, -0.05) is 34.6 Å². The maximum Gasteiger partial charge on any atom is 0.243 e. The van der Waals surface area contributed by atoms with Crippen LogP contribution in [-0.4, -0.2) is 48.0 Å². The number of halogens is 1. The van der Waals surface area contributed by atoms with Crippen LogP contribution in [0.15, 0.2) is 0 Å². The summed E-state index contributed by atoms with van der Waals surface area (Å²) in [6.45, 7) is 11.6. The molecule has 3 atom stereocenters. The summed E-state index contributed by atoms with van der Waals surface area (Å²) >= 11 is 5.38. The van der Waals surface area contributed by atoms with E-state index in [9.17, 15) is 19.2 Å². The van der Waals surface area contributed by atoms with Crippen LogP contribution in [0.5, 0.6) is 0 Å². The lowest BCUT2D eigenvalue weighted by molar-refractivity contribution is -0.133. The molecule has 1 unspecified atom stereocenters. The van der Waals surface area contributed by atoms with E-state index in [0.717, 1.165) is 0 Å². The summed E-state index contributed by atoms with van der Waals surface area (Å²) in [5.74, 6) is -0.987. The molecule has 3 amide bonds. The normalized spacial score (nSPS) is 14.3. The largest absolute Gasteiger partial charge is 0.355 e. The Bertz CT molecular complexity index is 538. The fourth-order valence-electron chi connectivity index (χ4n) is 2.56. The van der Waals surface area contributed by atoms with Gasteiger partial charge in [0.1, 0.15) is 11.9 Å². The first-order valence-electron chi connectivity index (χ1n) is 9.97. The number of carbonyl (C=O) groups excluding carboxylic acids is 4. The van der Waals surface area contributed by atoms with Gasteiger partial charge in [-0.2, -0.15) is 0 Å². The third-order valence-corrected chi connectivity index (χ3v) is 5.02. The second-order valence-corrected chi connectivity index (χ2v) is 8.16. The number of hydrogen-bond acceptors (Lipinski definition) is 4. The Labute approximate surface area is 173 Å². The molecule has 0 rings (SSSR count). The van der Waals surface area contributed by atoms with Gasteiger partial charge in [-0.25, -0.2) is 0 Å². The van der Waals surface area contributed by atoms with Gasteiger partial charge >= 0.3 is 0 Å². The highest BCUT2D eigenvalue weighted by Crippen LogP contribution is 2.13. The third-order valence-electron chi connectivity index (χ3n) is 4.77. The Kier molecular flexibility index (Phi) is 12.7. The van der Waals surface area contributed by atoms with E-state index in [1.807, 2.05) is 34.6 Å². The van der Waals surface area contributed by atoms with Crippen LogP contribution in [0.4, 0.5) is 0 Å². The third kappa shape index (κ3) is 10.1. The number of unbranched alkanes of at least 4 members (excludes halogenated alkanes) is 1. The van der Waals surface area contributed by atoms with Gasteiger partial charge in [0.15, 0.2) is 5.78 Å². The number of rotatable bonds is 13. The van der Waals surface area contributed by atoms with E-state index < -0.39 is 12.1 Å². The Morgan fingerprint density at radius 1 is 0.821 bits per heavy atom. The van der Waals surface area contributed by atoms with Crippen molar-refractivity contribution >= 4 is 35.1 Å². The number of carbonyl (C=O) groups is 4. The smallest absolute Gasteiger partial charge is 0.243 e. The van der Waals surface area contributed by atoms with E-state index in [4.69, 9.17) is 11.6 Å². The Morgan fingerprint density at radius 2 is 1.43 bits per heavy atom. The zero-order chi connectivity index (χ0) is 21.9. The van der Waals surface area contributed by atoms with Crippen LogP contribution in [0.25, 0.3) is 0 Å². The number of hydrogen-bond donors (Lipinski definition) is 3. The molecule has 0 aliphatic rings. The molecule has 0 saturated carbocycles. The van der Waals surface area contributed by atoms with Gasteiger partial charge in [-0.15, -0.1) is 11.6 Å². The monoisotopic (exact) mass is 417 g/mol. The van der Waals surface area contributed by atoms with Crippen molar-refractivity contribution in [3.63, 3.8) is 0 Å². The molecule has 0 aliphatic heterocycles. The van der Waals surface area contributed by atoms with Crippen molar-refractivity contribution in [2.24, 2.45) is 17.8 Å². The maximum atomic E-state index is 12.6. The quantitative estimate of drug-likeness (QED) is 0.315. The van der Waals surface area contributed by atoms with Crippen molar-refractivity contribution in [2.75, 3.05) is 12.4 Å². The minimum Gasteiger partial charge on any atom is -0.355 e. The first-order valence-corrected chi connectivity index (χ1v) is 10.5. The van der Waals surface area contributed by atoms with Gasteiger partial charge in [-0.3, -0.25) is 19.2 Å². The number of alkyl halides is 1. The van der Waals surface area contributed by atoms with Gasteiger partial charge in [0.2, 0.25) is 17.7 Å². The van der Waals surface area contributed by atoms with Crippen LogP contribution in [0.2, 0.25) is 0 Å². The fourth-order valence-corrected chi connectivity index (χ4v) is 2.66. The molecule has 0 aromatic carbocycles. The van der Waals surface area contributed by atoms with Crippen molar-refractivity contribution in [2.45, 2.75) is 72.9 Å². The van der Waals surface area contributed by atoms with E-state index in [0.29, 0.717) is 19.4 Å². The summed E-state index contributed by atoms with van der Waals surface area (Å²) in [5, 5.41) is 8.12. The van der Waals surface area contributed by atoms with Gasteiger partial charge in [-0.05, 0) is 31.6 Å². The first kappa shape index (κ1) is 26.4. The van der Waals surface area contributed by atoms with Gasteiger partial charge in [0.25, 0.3) is 0 Å². The SMILES string of the molecule is CC(C)C(C)C(=O)[C@H](C)NC(=O)[C@@H](NC(=O)CCCCNC(=O)CCl)C(C)C. The number of ketones is 1. The molecule has 0 aliphatic carbocycles. The highest BCUT2D eigenvalue weighted by molar-refractivity contribution is 6.27. The summed E-state index contributed by atoms with van der Waals surface area (Å²) in [6.07, 6.45) is 1.49. The van der Waals surface area contributed by atoms with E-state index in [1.54, 1.807) is 6.92 Å². The van der Waals surface area contributed by atoms with Crippen LogP contribution in [0.1, 0.15) is 60.8 Å². The van der Waals surface area contributed by atoms with Crippen LogP contribution >= 0.6 is 11.6 Å². The van der Waals surface area contributed by atoms with Crippen molar-refractivity contribution in [3.05, 3.63) is 0 Å². The minimum atomic E-state index is -0.701. The highest BCUT2D eigenvalue weighted by Gasteiger charge is 2.29. The molecule has 0 fully saturated rings. The summed E-state index contributed by atoms with van der Waals surface area (Å²) in [4.78, 5) is 48.1. The second-order valence-electron chi connectivity index (χ2n) is 7.90. The summed E-state index contributed by atoms with van der Waals surface area (Å²) in [6, 6.07) is -1.30. The second kappa shape index (κ2) is 13.5. The lowest BCUT2D eigenvalue weighted by Crippen LogP contribution is -2.53. The van der Waals surface area contributed by atoms with E-state index >= 15 is 0 Å². The molecule has 0 radical (unpaired) electrons. The van der Waals surface area contributed by atoms with Crippen LogP contribution in [0, 0.1) is 17.8 Å². The van der Waals surface area contributed by atoms with Crippen molar-refractivity contribution < 1.29 is 19.2 Å². The van der Waals surface area contributed by atoms with Gasteiger partial charge in [0.05, 0.1) is 6.04 Å². The standard InChI is InChI=1S/C20H36ClN3O4/c1-12(2)14(5)19(27)15(6)23-20(28)18(13(3)4)24-16(25)9-7-8-10-22-17(26)11-21/h12-15,18H,7-11H2,1-6H3,(H,22,26)(H,23,28)(H,24,25)/t14?,15-,18-/m0/s1. The summed E-state index contributed by atoms with van der Waals surface area (Å²) < 4.78 is 0. The van der Waals surface area contributed by atoms with Gasteiger partial charge < -0.3 is 16.0 Å². The predicted octanol–water partition coefficient (Wildman–Crippen LogP) is 2.02. The average Bonchev–Trinajstić information content (AvgIpc) is 2.63. The zero-order valence-electron chi connectivity index (χ0n) is 17.9. The van der Waals surface area contributed by atoms with Crippen LogP contribution in [-0.2, 0) is 19.2 Å². The first-order chi connectivity index (χ1) is 13.0. The molecule has 0 heterocycles. The number of Topliss-reactive ketones (excluding diaryl/α,β-unsaturated/α-hetero) is 1. The lowest BCUT2D eigenvalue weighted by Gasteiger charge is -2.25. The number of nitrogens with one attached hydrogen (secondary N) is 3. The van der Waals surface area contributed by atoms with Crippen molar-refractivity contribution in [3.8, 4) is 0 Å². The molecular weight excluding hydrogens is 382 g/mol. The maximum absolute atomic E-state index is 12.6. The summed E-state index contributed by atoms with van der Waals surface area (Å²) in [5.41, 5.74) is 0. The van der Waals surface area contributed by atoms with Crippen molar-refractivity contribution in [1.29, 1.82) is 0 Å². The van der Waals surface area contributed by atoms with Gasteiger partial charge in [0, 0.05) is 18.9 Å². The Hall–Kier alpha value is -1.63.